The Morgan fingerprint density at radius 3 is 2.79 bits per heavy atom. The van der Waals surface area contributed by atoms with Crippen molar-refractivity contribution in [2.24, 2.45) is 0 Å². The Balaban J connectivity index is 2.57. The summed E-state index contributed by atoms with van der Waals surface area (Å²) in [5, 5.41) is 18.4. The first-order valence-corrected chi connectivity index (χ1v) is 4.85. The highest BCUT2D eigenvalue weighted by molar-refractivity contribution is 6.59. The molecule has 2 N–H and O–H groups in total. The maximum Gasteiger partial charge on any atom is 0.488 e. The second-order valence-electron chi connectivity index (χ2n) is 3.67. The van der Waals surface area contributed by atoms with E-state index in [-0.39, 0.29) is 0 Å². The Morgan fingerprint density at radius 1 is 1.29 bits per heavy atom. The van der Waals surface area contributed by atoms with Gasteiger partial charge in [-0.1, -0.05) is 24.3 Å². The quantitative estimate of drug-likeness (QED) is 0.637. The van der Waals surface area contributed by atoms with Gasteiger partial charge in [0.1, 0.15) is 0 Å². The Bertz CT molecular complexity index is 383. The van der Waals surface area contributed by atoms with Crippen LogP contribution in [-0.4, -0.2) is 17.2 Å². The summed E-state index contributed by atoms with van der Waals surface area (Å²) < 4.78 is 0. The molecular weight excluding hydrogens is 175 g/mol. The molecule has 1 aromatic rings. The van der Waals surface area contributed by atoms with Crippen LogP contribution < -0.4 is 5.46 Å². The topological polar surface area (TPSA) is 40.5 Å². The molecular formula is C11H13BO2. The lowest BCUT2D eigenvalue weighted by atomic mass is 9.72. The van der Waals surface area contributed by atoms with Crippen molar-refractivity contribution in [3.8, 4) is 0 Å². The Kier molecular flexibility index (Phi) is 2.44. The van der Waals surface area contributed by atoms with E-state index in [1.54, 1.807) is 6.07 Å². The largest absolute Gasteiger partial charge is 0.488 e. The summed E-state index contributed by atoms with van der Waals surface area (Å²) in [6.07, 6.45) is 4.08. The second-order valence-corrected chi connectivity index (χ2v) is 3.67. The molecule has 0 atom stereocenters. The van der Waals surface area contributed by atoms with Crippen molar-refractivity contribution in [3.63, 3.8) is 0 Å². The lowest BCUT2D eigenvalue weighted by molar-refractivity contribution is 0.425. The number of rotatable bonds is 1. The van der Waals surface area contributed by atoms with E-state index >= 15 is 0 Å². The van der Waals surface area contributed by atoms with Crippen LogP contribution in [0.1, 0.15) is 24.5 Å². The van der Waals surface area contributed by atoms with Crippen LogP contribution in [0.4, 0.5) is 0 Å². The molecule has 0 amide bonds. The van der Waals surface area contributed by atoms with Crippen molar-refractivity contribution in [1.29, 1.82) is 0 Å². The van der Waals surface area contributed by atoms with E-state index in [0.717, 1.165) is 24.0 Å². The van der Waals surface area contributed by atoms with E-state index < -0.39 is 7.12 Å². The zero-order chi connectivity index (χ0) is 10.1. The standard InChI is InChI=1S/C11H13BO2/c1-8-4-2-6-10-9(8)5-3-7-11(10)12(13)14/h3-5,7,13-14H,2,6H2,1H3. The minimum absolute atomic E-state index is 0.648. The highest BCUT2D eigenvalue weighted by Crippen LogP contribution is 2.24. The predicted molar refractivity (Wildman–Crippen MR) is 58.2 cm³/mol. The average molecular weight is 188 g/mol. The predicted octanol–water partition coefficient (Wildman–Crippen LogP) is 0.716. The SMILES string of the molecule is CC1=CCCc2c(B(O)O)cccc21. The molecule has 0 heterocycles. The van der Waals surface area contributed by atoms with Gasteiger partial charge in [-0.25, -0.2) is 0 Å². The van der Waals surface area contributed by atoms with Crippen LogP contribution in [0, 0.1) is 0 Å². The van der Waals surface area contributed by atoms with Crippen LogP contribution in [-0.2, 0) is 6.42 Å². The number of allylic oxidation sites excluding steroid dienone is 2. The fourth-order valence-corrected chi connectivity index (χ4v) is 2.04. The van der Waals surface area contributed by atoms with Gasteiger partial charge in [-0.05, 0) is 41.9 Å². The monoisotopic (exact) mass is 188 g/mol. The van der Waals surface area contributed by atoms with Crippen molar-refractivity contribution >= 4 is 18.2 Å². The smallest absolute Gasteiger partial charge is 0.423 e. The van der Waals surface area contributed by atoms with Crippen LogP contribution in [0.15, 0.2) is 24.3 Å². The first-order chi connectivity index (χ1) is 6.70. The van der Waals surface area contributed by atoms with Crippen molar-refractivity contribution in [3.05, 3.63) is 35.4 Å². The summed E-state index contributed by atoms with van der Waals surface area (Å²) in [5.41, 5.74) is 4.12. The minimum atomic E-state index is -1.35. The summed E-state index contributed by atoms with van der Waals surface area (Å²) in [6.45, 7) is 2.06. The van der Waals surface area contributed by atoms with Gasteiger partial charge in [0, 0.05) is 0 Å². The van der Waals surface area contributed by atoms with Gasteiger partial charge in [0.2, 0.25) is 0 Å². The molecule has 0 bridgehead atoms. The van der Waals surface area contributed by atoms with Gasteiger partial charge < -0.3 is 10.0 Å². The van der Waals surface area contributed by atoms with Crippen LogP contribution in [0.5, 0.6) is 0 Å². The molecule has 0 saturated heterocycles. The Morgan fingerprint density at radius 2 is 2.07 bits per heavy atom. The number of hydrogen-bond donors (Lipinski definition) is 2. The maximum atomic E-state index is 9.20. The van der Waals surface area contributed by atoms with Crippen LogP contribution in [0.25, 0.3) is 5.57 Å². The van der Waals surface area contributed by atoms with E-state index in [2.05, 4.69) is 13.0 Å². The van der Waals surface area contributed by atoms with Gasteiger partial charge in [-0.3, -0.25) is 0 Å². The highest BCUT2D eigenvalue weighted by atomic mass is 16.4. The molecule has 0 unspecified atom stereocenters. The molecule has 2 nitrogen and oxygen atoms in total. The van der Waals surface area contributed by atoms with Crippen molar-refractivity contribution in [2.45, 2.75) is 19.8 Å². The summed E-state index contributed by atoms with van der Waals surface area (Å²) in [4.78, 5) is 0. The highest BCUT2D eigenvalue weighted by Gasteiger charge is 2.19. The zero-order valence-electron chi connectivity index (χ0n) is 8.20. The normalized spacial score (nSPS) is 14.6. The first kappa shape index (κ1) is 9.50. The third-order valence-corrected chi connectivity index (χ3v) is 2.76. The van der Waals surface area contributed by atoms with E-state index in [4.69, 9.17) is 0 Å². The average Bonchev–Trinajstić information content (AvgIpc) is 2.17. The van der Waals surface area contributed by atoms with Crippen LogP contribution in [0.2, 0.25) is 0 Å². The molecule has 0 saturated carbocycles. The van der Waals surface area contributed by atoms with Gasteiger partial charge in [0.25, 0.3) is 0 Å². The fraction of sp³-hybridized carbons (Fsp3) is 0.273. The lowest BCUT2D eigenvalue weighted by Crippen LogP contribution is -2.34. The summed E-state index contributed by atoms with van der Waals surface area (Å²) in [6, 6.07) is 5.69. The number of fused-ring (bicyclic) bond motifs is 1. The van der Waals surface area contributed by atoms with Gasteiger partial charge in [-0.15, -0.1) is 0 Å². The Labute approximate surface area is 84.0 Å². The number of hydrogen-bond acceptors (Lipinski definition) is 2. The molecule has 1 aromatic carbocycles. The van der Waals surface area contributed by atoms with Gasteiger partial charge >= 0.3 is 7.12 Å². The molecule has 1 aliphatic carbocycles. The maximum absolute atomic E-state index is 9.20. The first-order valence-electron chi connectivity index (χ1n) is 4.85. The minimum Gasteiger partial charge on any atom is -0.423 e. The summed E-state index contributed by atoms with van der Waals surface area (Å²) >= 11 is 0. The van der Waals surface area contributed by atoms with Crippen molar-refractivity contribution in [2.75, 3.05) is 0 Å². The summed E-state index contributed by atoms with van der Waals surface area (Å²) in [7, 11) is -1.35. The van der Waals surface area contributed by atoms with E-state index in [0.29, 0.717) is 5.46 Å². The fourth-order valence-electron chi connectivity index (χ4n) is 2.04. The third-order valence-electron chi connectivity index (χ3n) is 2.76. The van der Waals surface area contributed by atoms with Gasteiger partial charge in [0.15, 0.2) is 0 Å². The van der Waals surface area contributed by atoms with E-state index in [1.165, 1.54) is 5.57 Å². The van der Waals surface area contributed by atoms with Crippen LogP contribution >= 0.6 is 0 Å². The molecule has 0 spiro atoms. The molecule has 0 radical (unpaired) electrons. The molecule has 14 heavy (non-hydrogen) atoms. The molecule has 72 valence electrons. The van der Waals surface area contributed by atoms with Crippen molar-refractivity contribution < 1.29 is 10.0 Å². The lowest BCUT2D eigenvalue weighted by Gasteiger charge is -2.18. The zero-order valence-corrected chi connectivity index (χ0v) is 8.20. The number of benzene rings is 1. The van der Waals surface area contributed by atoms with E-state index in [9.17, 15) is 10.0 Å². The third kappa shape index (κ3) is 1.49. The molecule has 0 aliphatic heterocycles. The molecule has 3 heteroatoms. The Hall–Kier alpha value is -1.06. The molecule has 0 aromatic heterocycles. The van der Waals surface area contributed by atoms with Gasteiger partial charge in [0.05, 0.1) is 0 Å². The van der Waals surface area contributed by atoms with Crippen molar-refractivity contribution in [1.82, 2.24) is 0 Å². The molecule has 2 rings (SSSR count). The van der Waals surface area contributed by atoms with Crippen LogP contribution in [0.3, 0.4) is 0 Å². The van der Waals surface area contributed by atoms with Gasteiger partial charge in [-0.2, -0.15) is 0 Å². The molecule has 1 aliphatic rings. The summed E-state index contributed by atoms with van der Waals surface area (Å²) in [5.74, 6) is 0. The second kappa shape index (κ2) is 3.60. The van der Waals surface area contributed by atoms with E-state index in [1.807, 2.05) is 12.1 Å². The molecule has 0 fully saturated rings.